The number of rotatable bonds is 13. The van der Waals surface area contributed by atoms with Gasteiger partial charge in [-0.3, -0.25) is 9.59 Å². The Labute approximate surface area is 173 Å². The molecule has 0 fully saturated rings. The molecule has 0 aromatic heterocycles. The average molecular weight is 397 g/mol. The van der Waals surface area contributed by atoms with Gasteiger partial charge >= 0.3 is 0 Å². The van der Waals surface area contributed by atoms with E-state index in [0.29, 0.717) is 13.0 Å². The van der Waals surface area contributed by atoms with Crippen LogP contribution in [0.25, 0.3) is 0 Å². The fraction of sp³-hybridized carbons (Fsp3) is 0.833. The number of allylic oxidation sites excluding steroid dienone is 1. The second kappa shape index (κ2) is 10.7. The molecule has 4 nitrogen and oxygen atoms in total. The summed E-state index contributed by atoms with van der Waals surface area (Å²) >= 11 is 0. The Morgan fingerprint density at radius 1 is 1.00 bits per heavy atom. The van der Waals surface area contributed by atoms with Crippen molar-refractivity contribution in [3.05, 3.63) is 12.7 Å². The summed E-state index contributed by atoms with van der Waals surface area (Å²) in [6.45, 7) is 23.6. The molecule has 0 aliphatic rings. The summed E-state index contributed by atoms with van der Waals surface area (Å²) in [5.41, 5.74) is -1.74. The van der Waals surface area contributed by atoms with E-state index in [2.05, 4.69) is 6.58 Å². The molecule has 28 heavy (non-hydrogen) atoms. The van der Waals surface area contributed by atoms with E-state index in [1.165, 1.54) is 0 Å². The Bertz CT molecular complexity index is 523. The highest BCUT2D eigenvalue weighted by atomic mass is 16.5. The minimum atomic E-state index is -0.709. The highest BCUT2D eigenvalue weighted by Crippen LogP contribution is 2.37. The Balaban J connectivity index is 4.96. The lowest BCUT2D eigenvalue weighted by Gasteiger charge is -2.42. The van der Waals surface area contributed by atoms with E-state index in [4.69, 9.17) is 9.47 Å². The molecule has 0 bridgehead atoms. The highest BCUT2D eigenvalue weighted by Gasteiger charge is 2.46. The molecule has 2 unspecified atom stereocenters. The van der Waals surface area contributed by atoms with Crippen LogP contribution < -0.4 is 0 Å². The zero-order valence-corrected chi connectivity index (χ0v) is 20.0. The summed E-state index contributed by atoms with van der Waals surface area (Å²) in [4.78, 5) is 25.1. The number of hydrogen-bond acceptors (Lipinski definition) is 4. The first-order valence-electron chi connectivity index (χ1n) is 10.5. The van der Waals surface area contributed by atoms with E-state index < -0.39 is 17.1 Å². The van der Waals surface area contributed by atoms with Crippen LogP contribution in [0.15, 0.2) is 12.7 Å². The Morgan fingerprint density at radius 2 is 1.54 bits per heavy atom. The molecule has 0 heterocycles. The number of carbonyl (C=O) groups is 2. The quantitative estimate of drug-likeness (QED) is 0.370. The number of ether oxygens (including phenoxy) is 2. The van der Waals surface area contributed by atoms with Crippen LogP contribution in [-0.4, -0.2) is 35.5 Å². The van der Waals surface area contributed by atoms with Gasteiger partial charge in [0.25, 0.3) is 0 Å². The summed E-state index contributed by atoms with van der Waals surface area (Å²) < 4.78 is 12.1. The van der Waals surface area contributed by atoms with Crippen molar-refractivity contribution in [2.24, 2.45) is 17.3 Å². The first-order chi connectivity index (χ1) is 12.5. The lowest BCUT2D eigenvalue weighted by Crippen LogP contribution is -2.51. The fourth-order valence-corrected chi connectivity index (χ4v) is 3.11. The first kappa shape index (κ1) is 27.0. The summed E-state index contributed by atoms with van der Waals surface area (Å²) in [6.07, 6.45) is 3.47. The van der Waals surface area contributed by atoms with Crippen LogP contribution >= 0.6 is 0 Å². The molecule has 0 N–H and O–H groups in total. The minimum Gasteiger partial charge on any atom is -0.375 e. The average Bonchev–Trinajstić information content (AvgIpc) is 2.51. The van der Waals surface area contributed by atoms with Gasteiger partial charge in [0.2, 0.25) is 0 Å². The standard InChI is InChI=1S/C24H44O4/c1-12-13-19(16-20(25)17(2)3)14-15-27-24(10,11)23(8,9)21(26)18(4)28-22(5,6)7/h12,17-19H,1,13-16H2,2-11H3. The summed E-state index contributed by atoms with van der Waals surface area (Å²) in [5.74, 6) is 0.579. The van der Waals surface area contributed by atoms with Crippen molar-refractivity contribution in [3.8, 4) is 0 Å². The molecule has 164 valence electrons. The molecule has 0 aromatic rings. The monoisotopic (exact) mass is 396 g/mol. The summed E-state index contributed by atoms with van der Waals surface area (Å²) in [5, 5.41) is 0. The molecule has 0 aromatic carbocycles. The van der Waals surface area contributed by atoms with Crippen LogP contribution in [0.3, 0.4) is 0 Å². The van der Waals surface area contributed by atoms with Crippen molar-refractivity contribution >= 4 is 11.6 Å². The van der Waals surface area contributed by atoms with Gasteiger partial charge in [-0.15, -0.1) is 6.58 Å². The Kier molecular flexibility index (Phi) is 10.3. The van der Waals surface area contributed by atoms with E-state index in [1.807, 2.05) is 75.3 Å². The van der Waals surface area contributed by atoms with Crippen LogP contribution in [0.1, 0.15) is 88.5 Å². The summed E-state index contributed by atoms with van der Waals surface area (Å²) in [6, 6.07) is 0. The molecular formula is C24H44O4. The molecule has 0 spiro atoms. The zero-order chi connectivity index (χ0) is 22.3. The Hall–Kier alpha value is -1.00. The molecule has 4 heteroatoms. The normalized spacial score (nSPS) is 15.4. The van der Waals surface area contributed by atoms with Crippen molar-refractivity contribution in [2.75, 3.05) is 6.61 Å². The first-order valence-corrected chi connectivity index (χ1v) is 10.5. The molecular weight excluding hydrogens is 352 g/mol. The van der Waals surface area contributed by atoms with E-state index >= 15 is 0 Å². The lowest BCUT2D eigenvalue weighted by molar-refractivity contribution is -0.166. The molecule has 2 atom stereocenters. The zero-order valence-electron chi connectivity index (χ0n) is 20.0. The van der Waals surface area contributed by atoms with Gasteiger partial charge < -0.3 is 9.47 Å². The molecule has 0 aliphatic heterocycles. The second-order valence-electron chi connectivity index (χ2n) is 10.2. The predicted octanol–water partition coefficient (Wildman–Crippen LogP) is 5.78. The third-order valence-corrected chi connectivity index (χ3v) is 5.64. The molecule has 0 saturated carbocycles. The van der Waals surface area contributed by atoms with Crippen LogP contribution in [0.2, 0.25) is 0 Å². The maximum absolute atomic E-state index is 13.0. The van der Waals surface area contributed by atoms with Gasteiger partial charge in [0.05, 0.1) is 16.6 Å². The van der Waals surface area contributed by atoms with Crippen LogP contribution in [-0.2, 0) is 19.1 Å². The van der Waals surface area contributed by atoms with Gasteiger partial charge in [-0.2, -0.15) is 0 Å². The molecule has 0 radical (unpaired) electrons. The topological polar surface area (TPSA) is 52.6 Å². The van der Waals surface area contributed by atoms with Gasteiger partial charge in [0.1, 0.15) is 11.9 Å². The van der Waals surface area contributed by atoms with Gasteiger partial charge in [-0.25, -0.2) is 0 Å². The maximum Gasteiger partial charge on any atom is 0.169 e. The van der Waals surface area contributed by atoms with Gasteiger partial charge in [0.15, 0.2) is 5.78 Å². The smallest absolute Gasteiger partial charge is 0.169 e. The van der Waals surface area contributed by atoms with Crippen molar-refractivity contribution in [3.63, 3.8) is 0 Å². The SMILES string of the molecule is C=CCC(CCOC(C)(C)C(C)(C)C(=O)C(C)OC(C)(C)C)CC(=O)C(C)C. The number of Topliss-reactive ketones (excluding diaryl/α,β-unsaturated/α-hetero) is 2. The second-order valence-corrected chi connectivity index (χ2v) is 10.2. The van der Waals surface area contributed by atoms with E-state index in [1.54, 1.807) is 0 Å². The van der Waals surface area contributed by atoms with Gasteiger partial charge in [0, 0.05) is 18.9 Å². The van der Waals surface area contributed by atoms with Crippen molar-refractivity contribution < 1.29 is 19.1 Å². The third kappa shape index (κ3) is 8.57. The van der Waals surface area contributed by atoms with Crippen LogP contribution in [0.5, 0.6) is 0 Å². The molecule has 0 rings (SSSR count). The largest absolute Gasteiger partial charge is 0.375 e. The van der Waals surface area contributed by atoms with Gasteiger partial charge in [-0.1, -0.05) is 33.8 Å². The molecule has 0 aliphatic carbocycles. The van der Waals surface area contributed by atoms with Crippen molar-refractivity contribution in [1.82, 2.24) is 0 Å². The van der Waals surface area contributed by atoms with Crippen LogP contribution in [0.4, 0.5) is 0 Å². The molecule has 0 amide bonds. The van der Waals surface area contributed by atoms with E-state index in [9.17, 15) is 9.59 Å². The number of ketones is 2. The van der Waals surface area contributed by atoms with Gasteiger partial charge in [-0.05, 0) is 60.3 Å². The maximum atomic E-state index is 13.0. The summed E-state index contributed by atoms with van der Waals surface area (Å²) in [7, 11) is 0. The van der Waals surface area contributed by atoms with E-state index in [0.717, 1.165) is 12.8 Å². The minimum absolute atomic E-state index is 0.0325. The van der Waals surface area contributed by atoms with Crippen LogP contribution in [0, 0.1) is 17.3 Å². The fourth-order valence-electron chi connectivity index (χ4n) is 3.11. The Morgan fingerprint density at radius 3 is 1.96 bits per heavy atom. The van der Waals surface area contributed by atoms with Crippen molar-refractivity contribution in [1.29, 1.82) is 0 Å². The third-order valence-electron chi connectivity index (χ3n) is 5.64. The highest BCUT2D eigenvalue weighted by molar-refractivity contribution is 5.89. The lowest BCUT2D eigenvalue weighted by atomic mass is 9.72. The number of carbonyl (C=O) groups excluding carboxylic acids is 2. The molecule has 0 saturated heterocycles. The van der Waals surface area contributed by atoms with Crippen molar-refractivity contribution in [2.45, 2.75) is 106 Å². The van der Waals surface area contributed by atoms with E-state index in [-0.39, 0.29) is 29.0 Å². The predicted molar refractivity (Wildman–Crippen MR) is 117 cm³/mol. The number of hydrogen-bond donors (Lipinski definition) is 0.